The molecule has 0 aliphatic carbocycles. The van der Waals surface area contributed by atoms with Gasteiger partial charge >= 0.3 is 30.1 Å². The number of carboxylic acid groups (broad SMARTS) is 1. The minimum atomic E-state index is -1.35. The number of carbonyl (C=O) groups is 9. The first-order chi connectivity index (χ1) is 30.5. The van der Waals surface area contributed by atoms with Crippen LogP contribution in [0.1, 0.15) is 25.4 Å². The van der Waals surface area contributed by atoms with Gasteiger partial charge < -0.3 is 64.7 Å². The molecule has 1 unspecified atom stereocenters. The number of amides is 6. The number of rotatable bonds is 16. The molecule has 7 N–H and O–H groups in total. The second-order valence-electron chi connectivity index (χ2n) is 12.9. The number of carbonyl (C=O) groups excluding carboxylic acids is 8. The Morgan fingerprint density at radius 3 is 1.59 bits per heavy atom. The number of fused-ring (bicyclic) bond motifs is 2. The highest BCUT2D eigenvalue weighted by Gasteiger charge is 2.56. The molecule has 6 amide bonds. The Hall–Kier alpha value is -7.49. The fraction of sp³-hybridized carbons (Fsp3) is 0.361. The van der Waals surface area contributed by atoms with Crippen molar-refractivity contribution in [2.24, 2.45) is 21.8 Å². The van der Waals surface area contributed by atoms with E-state index in [0.29, 0.717) is 0 Å². The van der Waals surface area contributed by atoms with Gasteiger partial charge in [-0.2, -0.15) is 0 Å². The molecule has 6 heterocycles. The van der Waals surface area contributed by atoms with Crippen LogP contribution in [-0.4, -0.2) is 148 Å². The van der Waals surface area contributed by atoms with Gasteiger partial charge in [0.2, 0.25) is 17.7 Å². The molecule has 5 atom stereocenters. The van der Waals surface area contributed by atoms with Gasteiger partial charge in [-0.3, -0.25) is 33.8 Å². The summed E-state index contributed by atoms with van der Waals surface area (Å²) in [6.07, 6.45) is -0.686. The van der Waals surface area contributed by atoms with Crippen molar-refractivity contribution in [3.63, 3.8) is 0 Å². The summed E-state index contributed by atoms with van der Waals surface area (Å²) in [5, 5.41) is 20.5. The first kappa shape index (κ1) is 47.6. The summed E-state index contributed by atoms with van der Waals surface area (Å²) in [6.45, 7) is 1.74. The predicted molar refractivity (Wildman–Crippen MR) is 215 cm³/mol. The maximum Gasteiger partial charge on any atom is 0.404 e. The number of carboxylic acids is 1. The topological polar surface area (TPSA) is 363 Å². The summed E-state index contributed by atoms with van der Waals surface area (Å²) in [5.41, 5.74) is 9.56. The van der Waals surface area contributed by atoms with Gasteiger partial charge in [0.25, 0.3) is 23.6 Å². The number of aliphatic carboxylic acids is 1. The zero-order chi connectivity index (χ0) is 46.8. The first-order valence-electron chi connectivity index (χ1n) is 18.2. The monoisotopic (exact) mass is 934 g/mol. The number of hydrogen-bond acceptors (Lipinski definition) is 21. The van der Waals surface area contributed by atoms with Gasteiger partial charge in [0, 0.05) is 36.5 Å². The summed E-state index contributed by atoms with van der Waals surface area (Å²) in [6, 6.07) is 4.11. The van der Waals surface area contributed by atoms with E-state index >= 15 is 0 Å². The van der Waals surface area contributed by atoms with Crippen molar-refractivity contribution in [2.45, 2.75) is 43.0 Å². The van der Waals surface area contributed by atoms with Crippen molar-refractivity contribution in [3.8, 4) is 0 Å². The predicted octanol–water partition coefficient (Wildman–Crippen LogP) is -0.704. The fourth-order valence-corrected chi connectivity index (χ4v) is 8.84. The van der Waals surface area contributed by atoms with Crippen LogP contribution in [0, 0.1) is 0 Å². The van der Waals surface area contributed by atoms with Crippen LogP contribution in [0.3, 0.4) is 0 Å². The molecule has 0 bridgehead atoms. The van der Waals surface area contributed by atoms with E-state index in [1.54, 1.807) is 12.1 Å². The Labute approximate surface area is 368 Å². The quantitative estimate of drug-likeness (QED) is 0.0347. The molecular weight excluding hydrogens is 897 g/mol. The SMILES string of the molecule is CO/N=C(\C(=O)N[C@@H]1C(=O)N2C(C(=O)O)=C(COC(N)=O)CS[C@H]12)c1ccco1.CO/N=C(\C(=O)N[C@@H]1C(=O)N2C(C(=O)OC(C)OC(C)=O)=C(COC(N)=O)CS[C@H]12)c1ccco1. The van der Waals surface area contributed by atoms with Crippen LogP contribution in [0.4, 0.5) is 9.59 Å². The molecule has 2 fully saturated rings. The maximum absolute atomic E-state index is 13.0. The summed E-state index contributed by atoms with van der Waals surface area (Å²) >= 11 is 2.43. The highest BCUT2D eigenvalue weighted by Crippen LogP contribution is 2.42. The molecule has 0 saturated carbocycles. The zero-order valence-corrected chi connectivity index (χ0v) is 35.5. The lowest BCUT2D eigenvalue weighted by molar-refractivity contribution is -0.182. The second kappa shape index (κ2) is 21.1. The highest BCUT2D eigenvalue weighted by molar-refractivity contribution is 8.00. The van der Waals surface area contributed by atoms with E-state index < -0.39 is 82.8 Å². The smallest absolute Gasteiger partial charge is 0.404 e. The number of hydrogen-bond donors (Lipinski definition) is 5. The molecule has 6 rings (SSSR count). The van der Waals surface area contributed by atoms with E-state index in [9.17, 15) is 48.3 Å². The largest absolute Gasteiger partial charge is 0.477 e. The molecular formula is C36H38N8O18S2. The molecule has 2 aromatic heterocycles. The van der Waals surface area contributed by atoms with Crippen molar-refractivity contribution in [1.82, 2.24) is 20.4 Å². The summed E-state index contributed by atoms with van der Waals surface area (Å²) in [4.78, 5) is 120. The van der Waals surface area contributed by atoms with Gasteiger partial charge in [0.15, 0.2) is 11.5 Å². The maximum atomic E-state index is 13.0. The van der Waals surface area contributed by atoms with Crippen molar-refractivity contribution in [3.05, 3.63) is 70.9 Å². The number of nitrogens with zero attached hydrogens (tertiary/aromatic N) is 4. The van der Waals surface area contributed by atoms with Crippen molar-refractivity contribution in [2.75, 3.05) is 38.9 Å². The molecule has 64 heavy (non-hydrogen) atoms. The van der Waals surface area contributed by atoms with E-state index in [1.807, 2.05) is 0 Å². The van der Waals surface area contributed by atoms with Crippen LogP contribution in [0.15, 0.2) is 78.5 Å². The summed E-state index contributed by atoms with van der Waals surface area (Å²) < 4.78 is 29.7. The number of oxime groups is 2. The van der Waals surface area contributed by atoms with E-state index in [0.717, 1.165) is 16.7 Å². The van der Waals surface area contributed by atoms with Crippen LogP contribution in [0.5, 0.6) is 0 Å². The molecule has 2 saturated heterocycles. The van der Waals surface area contributed by atoms with E-state index in [1.165, 1.54) is 69.3 Å². The van der Waals surface area contributed by atoms with Gasteiger partial charge in [0.05, 0.1) is 12.5 Å². The minimum absolute atomic E-state index is 0.124. The zero-order valence-electron chi connectivity index (χ0n) is 33.8. The van der Waals surface area contributed by atoms with Gasteiger partial charge in [-0.15, -0.1) is 23.5 Å². The van der Waals surface area contributed by atoms with Crippen LogP contribution < -0.4 is 22.1 Å². The number of thioether (sulfide) groups is 2. The number of nitrogens with one attached hydrogen (secondary N) is 2. The van der Waals surface area contributed by atoms with Crippen molar-refractivity contribution < 1.29 is 85.7 Å². The first-order valence-corrected chi connectivity index (χ1v) is 20.3. The van der Waals surface area contributed by atoms with Crippen LogP contribution in [-0.2, 0) is 62.2 Å². The van der Waals surface area contributed by atoms with Gasteiger partial charge in [0.1, 0.15) is 61.7 Å². The van der Waals surface area contributed by atoms with Gasteiger partial charge in [-0.25, -0.2) is 19.2 Å². The van der Waals surface area contributed by atoms with Crippen molar-refractivity contribution >= 4 is 88.7 Å². The fourth-order valence-electron chi connectivity index (χ4n) is 6.18. The number of primary amides is 2. The molecule has 4 aliphatic rings. The minimum Gasteiger partial charge on any atom is -0.477 e. The number of furan rings is 2. The number of esters is 2. The number of nitrogens with two attached hydrogens (primary N) is 2. The van der Waals surface area contributed by atoms with Crippen molar-refractivity contribution in [1.29, 1.82) is 0 Å². The van der Waals surface area contributed by atoms with Gasteiger partial charge in [-0.05, 0) is 24.3 Å². The standard InChI is InChI=1S/C20H22N4O10S.C16H16N4O8S/c1-9(25)33-10(2)34-19(28)15-11(7-32-20(21)29)8-35-18-14(17(27)24(15)18)22-16(26)13(23-30-3)12-5-4-6-31-12;1-26-19-9(8-3-2-4-27-8)12(21)18-10-13(22)20-11(15(23)24)7(5-28-16(17)25)6-29-14(10)20/h4-6,10,14,18H,7-8H2,1-3H3,(H2,21,29)(H,22,26);2-4,10,14H,5-6H2,1H3,(H2,17,25)(H,18,21)(H,23,24)/b23-13-;19-9-/t10?,14-,18-;10-,14-/m11/s1. The normalized spacial score (nSPS) is 20.7. The van der Waals surface area contributed by atoms with Crippen LogP contribution in [0.2, 0.25) is 0 Å². The average molecular weight is 935 g/mol. The lowest BCUT2D eigenvalue weighted by Crippen LogP contribution is -2.71. The van der Waals surface area contributed by atoms with Gasteiger partial charge in [-0.1, -0.05) is 10.3 Å². The Morgan fingerprint density at radius 1 is 0.781 bits per heavy atom. The molecule has 0 radical (unpaired) electrons. The molecule has 2 aromatic rings. The Bertz CT molecular complexity index is 2310. The van der Waals surface area contributed by atoms with E-state index in [2.05, 4.69) is 30.5 Å². The highest BCUT2D eigenvalue weighted by atomic mass is 32.2. The summed E-state index contributed by atoms with van der Waals surface area (Å²) in [5.74, 6) is -5.14. The number of ether oxygens (including phenoxy) is 4. The third-order valence-electron chi connectivity index (χ3n) is 8.75. The molecule has 28 heteroatoms. The van der Waals surface area contributed by atoms with Crippen LogP contribution >= 0.6 is 23.5 Å². The molecule has 0 spiro atoms. The third-order valence-corrected chi connectivity index (χ3v) is 11.4. The molecule has 4 aliphatic heterocycles. The Balaban J connectivity index is 0.000000245. The summed E-state index contributed by atoms with van der Waals surface area (Å²) in [7, 11) is 2.50. The average Bonchev–Trinajstić information content (AvgIpc) is 3.99. The lowest BCUT2D eigenvalue weighted by Gasteiger charge is -2.49. The van der Waals surface area contributed by atoms with E-state index in [4.69, 9.17) is 39.3 Å². The lowest BCUT2D eigenvalue weighted by atomic mass is 10.0. The third kappa shape index (κ3) is 10.7. The van der Waals surface area contributed by atoms with E-state index in [-0.39, 0.29) is 70.2 Å². The molecule has 342 valence electrons. The van der Waals surface area contributed by atoms with Crippen LogP contribution in [0.25, 0.3) is 0 Å². The Morgan fingerprint density at radius 2 is 1.22 bits per heavy atom. The molecule has 0 aromatic carbocycles. The second-order valence-corrected chi connectivity index (χ2v) is 15.1. The number of β-lactam (4-membered cyclic amide) rings is 2. The molecule has 26 nitrogen and oxygen atoms in total. The Kier molecular flexibility index (Phi) is 15.6.